The summed E-state index contributed by atoms with van der Waals surface area (Å²) in [5, 5.41) is 12.3. The molecule has 1 amide bonds. The van der Waals surface area contributed by atoms with E-state index in [2.05, 4.69) is 15.5 Å². The number of nitrogens with zero attached hydrogens (tertiary/aromatic N) is 2. The molecular weight excluding hydrogens is 326 g/mol. The molecule has 1 aromatic carbocycles. The molecule has 2 aromatic rings. The third-order valence-corrected chi connectivity index (χ3v) is 4.82. The topological polar surface area (TPSA) is 73.3 Å². The van der Waals surface area contributed by atoms with Gasteiger partial charge in [-0.05, 0) is 30.5 Å². The van der Waals surface area contributed by atoms with Crippen molar-refractivity contribution in [3.05, 3.63) is 34.8 Å². The van der Waals surface area contributed by atoms with Crippen molar-refractivity contribution in [2.75, 3.05) is 19.0 Å². The fourth-order valence-electron chi connectivity index (χ4n) is 2.70. The monoisotopic (exact) mass is 347 g/mol. The summed E-state index contributed by atoms with van der Waals surface area (Å²) < 4.78 is 10.7. The van der Waals surface area contributed by atoms with Gasteiger partial charge in [-0.1, -0.05) is 36.3 Å². The second-order valence-corrected chi connectivity index (χ2v) is 6.85. The van der Waals surface area contributed by atoms with Gasteiger partial charge in [-0.15, -0.1) is 10.2 Å². The van der Waals surface area contributed by atoms with Crippen LogP contribution in [0.15, 0.2) is 24.3 Å². The predicted molar refractivity (Wildman–Crippen MR) is 92.5 cm³/mol. The fourth-order valence-corrected chi connectivity index (χ4v) is 3.49. The molecule has 1 aliphatic rings. The smallest absolute Gasteiger partial charge is 0.252 e. The van der Waals surface area contributed by atoms with E-state index in [1.807, 2.05) is 24.3 Å². The predicted octanol–water partition coefficient (Wildman–Crippen LogP) is 3.04. The fraction of sp³-hybridized carbons (Fsp3) is 0.471. The van der Waals surface area contributed by atoms with E-state index in [0.717, 1.165) is 29.2 Å². The zero-order valence-corrected chi connectivity index (χ0v) is 14.5. The highest BCUT2D eigenvalue weighted by molar-refractivity contribution is 7.15. The normalized spacial score (nSPS) is 14.7. The maximum Gasteiger partial charge on any atom is 0.252 e. The van der Waals surface area contributed by atoms with Gasteiger partial charge in [0.2, 0.25) is 5.13 Å². The Hall–Kier alpha value is -1.99. The maximum absolute atomic E-state index is 11.9. The average Bonchev–Trinajstić information content (AvgIpc) is 3.26. The molecule has 0 saturated heterocycles. The summed E-state index contributed by atoms with van der Waals surface area (Å²) in [5.41, 5.74) is 1.12. The van der Waals surface area contributed by atoms with Crippen molar-refractivity contribution in [2.24, 2.45) is 0 Å². The van der Waals surface area contributed by atoms with Gasteiger partial charge in [0, 0.05) is 6.42 Å². The standard InChI is InChI=1S/C17H21N3O3S/c1-22-13-8-6-12(7-9-13)10-16-19-20-17(24-16)18-15(21)11-23-14-4-2-3-5-14/h6-9,14H,2-5,10-11H2,1H3,(H,18,20,21). The molecule has 7 heteroatoms. The molecule has 0 aliphatic heterocycles. The highest BCUT2D eigenvalue weighted by Crippen LogP contribution is 2.22. The van der Waals surface area contributed by atoms with Crippen molar-refractivity contribution in [1.82, 2.24) is 10.2 Å². The first-order valence-corrected chi connectivity index (χ1v) is 8.91. The van der Waals surface area contributed by atoms with Crippen LogP contribution in [0, 0.1) is 0 Å². The zero-order valence-electron chi connectivity index (χ0n) is 13.7. The Labute approximate surface area is 145 Å². The molecule has 1 saturated carbocycles. The van der Waals surface area contributed by atoms with Gasteiger partial charge in [0.15, 0.2) is 0 Å². The van der Waals surface area contributed by atoms with Crippen molar-refractivity contribution < 1.29 is 14.3 Å². The molecule has 0 bridgehead atoms. The van der Waals surface area contributed by atoms with Crippen molar-refractivity contribution in [2.45, 2.75) is 38.2 Å². The Morgan fingerprint density at radius 1 is 1.25 bits per heavy atom. The lowest BCUT2D eigenvalue weighted by Crippen LogP contribution is -2.21. The summed E-state index contributed by atoms with van der Waals surface area (Å²) in [7, 11) is 1.64. The van der Waals surface area contributed by atoms with Gasteiger partial charge in [0.05, 0.1) is 13.2 Å². The molecule has 24 heavy (non-hydrogen) atoms. The average molecular weight is 347 g/mol. The number of anilines is 1. The number of benzene rings is 1. The number of carbonyl (C=O) groups is 1. The first-order valence-electron chi connectivity index (χ1n) is 8.09. The Bertz CT molecular complexity index is 666. The van der Waals surface area contributed by atoms with Gasteiger partial charge in [-0.25, -0.2) is 0 Å². The van der Waals surface area contributed by atoms with E-state index >= 15 is 0 Å². The van der Waals surface area contributed by atoms with Crippen molar-refractivity contribution in [3.8, 4) is 5.75 Å². The second-order valence-electron chi connectivity index (χ2n) is 5.79. The van der Waals surface area contributed by atoms with Crippen LogP contribution >= 0.6 is 11.3 Å². The van der Waals surface area contributed by atoms with E-state index in [4.69, 9.17) is 9.47 Å². The molecule has 1 N–H and O–H groups in total. The minimum atomic E-state index is -0.172. The van der Waals surface area contributed by atoms with Crippen molar-refractivity contribution >= 4 is 22.4 Å². The molecule has 128 valence electrons. The van der Waals surface area contributed by atoms with Crippen LogP contribution in [0.4, 0.5) is 5.13 Å². The largest absolute Gasteiger partial charge is 0.497 e. The maximum atomic E-state index is 11.9. The number of methoxy groups -OCH3 is 1. The quantitative estimate of drug-likeness (QED) is 0.833. The van der Waals surface area contributed by atoms with Gasteiger partial charge >= 0.3 is 0 Å². The molecule has 6 nitrogen and oxygen atoms in total. The molecule has 0 radical (unpaired) electrons. The number of nitrogens with one attached hydrogen (secondary N) is 1. The number of aromatic nitrogens is 2. The van der Waals surface area contributed by atoms with Crippen LogP contribution in [0.5, 0.6) is 5.75 Å². The molecule has 0 unspecified atom stereocenters. The van der Waals surface area contributed by atoms with Gasteiger partial charge in [0.25, 0.3) is 5.91 Å². The molecule has 1 aromatic heterocycles. The third-order valence-electron chi connectivity index (χ3n) is 3.98. The molecule has 1 aliphatic carbocycles. The minimum absolute atomic E-state index is 0.0814. The van der Waals surface area contributed by atoms with E-state index in [-0.39, 0.29) is 18.6 Å². The minimum Gasteiger partial charge on any atom is -0.497 e. The Kier molecular flexibility index (Phi) is 5.77. The number of amides is 1. The summed E-state index contributed by atoms with van der Waals surface area (Å²) in [6.45, 7) is 0.0814. The Morgan fingerprint density at radius 2 is 2.00 bits per heavy atom. The van der Waals surface area contributed by atoms with E-state index in [9.17, 15) is 4.79 Å². The lowest BCUT2D eigenvalue weighted by molar-refractivity contribution is -0.122. The van der Waals surface area contributed by atoms with E-state index in [0.29, 0.717) is 11.6 Å². The lowest BCUT2D eigenvalue weighted by Gasteiger charge is -2.09. The first kappa shape index (κ1) is 16.9. The molecule has 3 rings (SSSR count). The van der Waals surface area contributed by atoms with E-state index in [1.165, 1.54) is 24.2 Å². The summed E-state index contributed by atoms with van der Waals surface area (Å²) in [5.74, 6) is 0.653. The number of ether oxygens (including phenoxy) is 2. The molecule has 0 spiro atoms. The van der Waals surface area contributed by atoms with Crippen LogP contribution in [0.25, 0.3) is 0 Å². The summed E-state index contributed by atoms with van der Waals surface area (Å²) in [6, 6.07) is 7.82. The van der Waals surface area contributed by atoms with Crippen molar-refractivity contribution in [1.29, 1.82) is 0 Å². The molecular formula is C17H21N3O3S. The van der Waals surface area contributed by atoms with Crippen molar-refractivity contribution in [3.63, 3.8) is 0 Å². The molecule has 0 atom stereocenters. The molecule has 1 fully saturated rings. The highest BCUT2D eigenvalue weighted by Gasteiger charge is 2.17. The summed E-state index contributed by atoms with van der Waals surface area (Å²) >= 11 is 1.38. The van der Waals surface area contributed by atoms with Crippen LogP contribution in [0.2, 0.25) is 0 Å². The first-order chi connectivity index (χ1) is 11.7. The van der Waals surface area contributed by atoms with Crippen LogP contribution in [-0.2, 0) is 16.0 Å². The van der Waals surface area contributed by atoms with Crippen LogP contribution < -0.4 is 10.1 Å². The summed E-state index contributed by atoms with van der Waals surface area (Å²) in [4.78, 5) is 11.9. The SMILES string of the molecule is COc1ccc(Cc2nnc(NC(=O)COC3CCCC3)s2)cc1. The van der Waals surface area contributed by atoms with Crippen LogP contribution in [0.3, 0.4) is 0 Å². The number of hydrogen-bond acceptors (Lipinski definition) is 6. The van der Waals surface area contributed by atoms with Gasteiger partial charge in [-0.2, -0.15) is 0 Å². The molecule has 1 heterocycles. The summed E-state index contributed by atoms with van der Waals surface area (Å²) in [6.07, 6.45) is 5.40. The van der Waals surface area contributed by atoms with Gasteiger partial charge in [-0.3, -0.25) is 10.1 Å². The zero-order chi connectivity index (χ0) is 16.8. The van der Waals surface area contributed by atoms with E-state index in [1.54, 1.807) is 7.11 Å². The number of rotatable bonds is 7. The van der Waals surface area contributed by atoms with Gasteiger partial charge < -0.3 is 9.47 Å². The lowest BCUT2D eigenvalue weighted by atomic mass is 10.1. The number of carbonyl (C=O) groups excluding carboxylic acids is 1. The second kappa shape index (κ2) is 8.21. The van der Waals surface area contributed by atoms with E-state index < -0.39 is 0 Å². The highest BCUT2D eigenvalue weighted by atomic mass is 32.1. The van der Waals surface area contributed by atoms with Crippen LogP contribution in [0.1, 0.15) is 36.3 Å². The van der Waals surface area contributed by atoms with Gasteiger partial charge in [0.1, 0.15) is 17.4 Å². The Balaban J connectivity index is 1.48. The number of hydrogen-bond donors (Lipinski definition) is 1. The van der Waals surface area contributed by atoms with Crippen LogP contribution in [-0.4, -0.2) is 35.9 Å². The Morgan fingerprint density at radius 3 is 2.71 bits per heavy atom. The third kappa shape index (κ3) is 4.75.